The molecule has 0 radical (unpaired) electrons. The van der Waals surface area contributed by atoms with E-state index in [0.717, 1.165) is 48.3 Å². The number of carbonyl (C=O) groups excluding carboxylic acids is 1. The lowest BCUT2D eigenvalue weighted by Gasteiger charge is -2.30. The highest BCUT2D eigenvalue weighted by Gasteiger charge is 2.46. The minimum Gasteiger partial charge on any atom is -0.398 e. The molecule has 24 heavy (non-hydrogen) atoms. The standard InChI is InChI=1S/C19H19FN2O.ClH/c20-13-8-6-12(7-9-13)15-11-16(15)19(23)22-10-2-3-14-17(21)4-1-5-18(14)22;/h1,4-9,15-16H,2-3,10-11,21H2;1H. The average Bonchev–Trinajstić information content (AvgIpc) is 3.35. The molecule has 2 atom stereocenters. The Balaban J connectivity index is 0.00000169. The Bertz CT molecular complexity index is 762. The molecule has 0 spiro atoms. The molecule has 1 saturated carbocycles. The summed E-state index contributed by atoms with van der Waals surface area (Å²) >= 11 is 0. The Kier molecular flexibility index (Phi) is 4.50. The number of amides is 1. The third kappa shape index (κ3) is 2.86. The number of hydrogen-bond donors (Lipinski definition) is 1. The Labute approximate surface area is 147 Å². The van der Waals surface area contributed by atoms with Gasteiger partial charge in [0.25, 0.3) is 0 Å². The van der Waals surface area contributed by atoms with Crippen molar-refractivity contribution >= 4 is 29.7 Å². The van der Waals surface area contributed by atoms with E-state index in [1.165, 1.54) is 12.1 Å². The van der Waals surface area contributed by atoms with E-state index in [0.29, 0.717) is 0 Å². The summed E-state index contributed by atoms with van der Waals surface area (Å²) in [4.78, 5) is 14.8. The van der Waals surface area contributed by atoms with Crippen LogP contribution in [0.2, 0.25) is 0 Å². The number of rotatable bonds is 2. The molecule has 0 saturated heterocycles. The summed E-state index contributed by atoms with van der Waals surface area (Å²) in [6, 6.07) is 12.3. The van der Waals surface area contributed by atoms with E-state index in [2.05, 4.69) is 0 Å². The van der Waals surface area contributed by atoms with Gasteiger partial charge in [-0.15, -0.1) is 12.4 Å². The molecule has 2 aromatic carbocycles. The SMILES string of the molecule is Cl.Nc1cccc2c1CCCN2C(=O)C1CC1c1ccc(F)cc1. The molecule has 0 aromatic heterocycles. The van der Waals surface area contributed by atoms with E-state index >= 15 is 0 Å². The zero-order chi connectivity index (χ0) is 16.0. The topological polar surface area (TPSA) is 46.3 Å². The van der Waals surface area contributed by atoms with E-state index in [-0.39, 0.29) is 36.0 Å². The van der Waals surface area contributed by atoms with E-state index in [9.17, 15) is 9.18 Å². The second-order valence-corrected chi connectivity index (χ2v) is 6.44. The van der Waals surface area contributed by atoms with E-state index < -0.39 is 0 Å². The Morgan fingerprint density at radius 3 is 2.67 bits per heavy atom. The quantitative estimate of drug-likeness (QED) is 0.838. The maximum atomic E-state index is 13.0. The molecule has 2 aromatic rings. The number of carbonyl (C=O) groups is 1. The summed E-state index contributed by atoms with van der Waals surface area (Å²) in [6.45, 7) is 0.752. The van der Waals surface area contributed by atoms with E-state index in [1.54, 1.807) is 12.1 Å². The number of benzene rings is 2. The summed E-state index contributed by atoms with van der Waals surface area (Å²) in [7, 11) is 0. The van der Waals surface area contributed by atoms with Crippen molar-refractivity contribution in [3.63, 3.8) is 0 Å². The van der Waals surface area contributed by atoms with Crippen LogP contribution in [0, 0.1) is 11.7 Å². The predicted molar refractivity (Wildman–Crippen MR) is 96.0 cm³/mol. The summed E-state index contributed by atoms with van der Waals surface area (Å²) in [6.07, 6.45) is 2.72. The number of anilines is 2. The van der Waals surface area contributed by atoms with Crippen LogP contribution in [0.1, 0.15) is 29.9 Å². The first-order valence-electron chi connectivity index (χ1n) is 8.09. The normalized spacial score (nSPS) is 21.6. The third-order valence-corrected chi connectivity index (χ3v) is 4.96. The van der Waals surface area contributed by atoms with Crippen LogP contribution in [-0.4, -0.2) is 12.5 Å². The zero-order valence-electron chi connectivity index (χ0n) is 13.2. The molecule has 126 valence electrons. The monoisotopic (exact) mass is 346 g/mol. The van der Waals surface area contributed by atoms with Gasteiger partial charge in [-0.1, -0.05) is 18.2 Å². The van der Waals surface area contributed by atoms with Crippen LogP contribution in [0.5, 0.6) is 0 Å². The molecule has 1 aliphatic carbocycles. The molecular weight excluding hydrogens is 327 g/mol. The van der Waals surface area contributed by atoms with Gasteiger partial charge in [0, 0.05) is 23.8 Å². The van der Waals surface area contributed by atoms with Crippen LogP contribution >= 0.6 is 12.4 Å². The number of nitrogens with two attached hydrogens (primary N) is 1. The van der Waals surface area contributed by atoms with Gasteiger partial charge in [0.15, 0.2) is 0 Å². The zero-order valence-corrected chi connectivity index (χ0v) is 14.1. The first-order chi connectivity index (χ1) is 11.1. The summed E-state index contributed by atoms with van der Waals surface area (Å²) in [5.74, 6) is 0.158. The minimum atomic E-state index is -0.238. The van der Waals surface area contributed by atoms with Crippen LogP contribution in [0.25, 0.3) is 0 Å². The summed E-state index contributed by atoms with van der Waals surface area (Å²) < 4.78 is 13.0. The van der Waals surface area contributed by atoms with Gasteiger partial charge in [0.2, 0.25) is 5.91 Å². The van der Waals surface area contributed by atoms with Crippen molar-refractivity contribution in [3.8, 4) is 0 Å². The second kappa shape index (κ2) is 6.44. The molecule has 1 fully saturated rings. The lowest BCUT2D eigenvalue weighted by Crippen LogP contribution is -2.37. The van der Waals surface area contributed by atoms with Crippen LogP contribution < -0.4 is 10.6 Å². The van der Waals surface area contributed by atoms with Crippen LogP contribution in [0.15, 0.2) is 42.5 Å². The highest BCUT2D eigenvalue weighted by Crippen LogP contribution is 2.49. The van der Waals surface area contributed by atoms with Gasteiger partial charge in [0.05, 0.1) is 0 Å². The number of nitrogens with zero attached hydrogens (tertiary/aromatic N) is 1. The number of nitrogen functional groups attached to an aromatic ring is 1. The van der Waals surface area contributed by atoms with Crippen molar-refractivity contribution in [3.05, 3.63) is 59.4 Å². The van der Waals surface area contributed by atoms with Gasteiger partial charge in [-0.2, -0.15) is 0 Å². The molecule has 2 unspecified atom stereocenters. The lowest BCUT2D eigenvalue weighted by molar-refractivity contribution is -0.120. The predicted octanol–water partition coefficient (Wildman–Crippen LogP) is 3.91. The summed E-state index contributed by atoms with van der Waals surface area (Å²) in [5, 5.41) is 0. The number of fused-ring (bicyclic) bond motifs is 1. The molecule has 2 aliphatic rings. The van der Waals surface area contributed by atoms with E-state index in [4.69, 9.17) is 5.73 Å². The number of halogens is 2. The van der Waals surface area contributed by atoms with Crippen molar-refractivity contribution < 1.29 is 9.18 Å². The van der Waals surface area contributed by atoms with Crippen LogP contribution in [-0.2, 0) is 11.2 Å². The summed E-state index contributed by atoms with van der Waals surface area (Å²) in [5.41, 5.74) is 9.93. The first-order valence-corrected chi connectivity index (χ1v) is 8.09. The minimum absolute atomic E-state index is 0. The largest absolute Gasteiger partial charge is 0.398 e. The van der Waals surface area contributed by atoms with Crippen molar-refractivity contribution in [1.29, 1.82) is 0 Å². The van der Waals surface area contributed by atoms with Crippen LogP contribution in [0.4, 0.5) is 15.8 Å². The van der Waals surface area contributed by atoms with Crippen molar-refractivity contribution in [2.75, 3.05) is 17.2 Å². The lowest BCUT2D eigenvalue weighted by atomic mass is 9.99. The van der Waals surface area contributed by atoms with Gasteiger partial charge < -0.3 is 10.6 Å². The Morgan fingerprint density at radius 2 is 1.92 bits per heavy atom. The van der Waals surface area contributed by atoms with Gasteiger partial charge in [-0.25, -0.2) is 4.39 Å². The Hall–Kier alpha value is -2.07. The highest BCUT2D eigenvalue weighted by atomic mass is 35.5. The molecule has 3 nitrogen and oxygen atoms in total. The van der Waals surface area contributed by atoms with Crippen molar-refractivity contribution in [2.45, 2.75) is 25.2 Å². The van der Waals surface area contributed by atoms with Crippen molar-refractivity contribution in [2.24, 2.45) is 5.92 Å². The molecular formula is C19H20ClFN2O. The van der Waals surface area contributed by atoms with Gasteiger partial charge >= 0.3 is 0 Å². The fourth-order valence-electron chi connectivity index (χ4n) is 3.63. The molecule has 2 N–H and O–H groups in total. The maximum Gasteiger partial charge on any atom is 0.230 e. The highest BCUT2D eigenvalue weighted by molar-refractivity contribution is 5.99. The van der Waals surface area contributed by atoms with Gasteiger partial charge in [-0.05, 0) is 60.6 Å². The molecule has 4 rings (SSSR count). The van der Waals surface area contributed by atoms with Gasteiger partial charge in [-0.3, -0.25) is 4.79 Å². The van der Waals surface area contributed by atoms with Gasteiger partial charge in [0.1, 0.15) is 5.82 Å². The molecule has 0 bridgehead atoms. The molecule has 1 amide bonds. The third-order valence-electron chi connectivity index (χ3n) is 4.96. The molecule has 1 heterocycles. The van der Waals surface area contributed by atoms with Crippen molar-refractivity contribution in [1.82, 2.24) is 0 Å². The molecule has 5 heteroatoms. The smallest absolute Gasteiger partial charge is 0.230 e. The number of hydrogen-bond acceptors (Lipinski definition) is 2. The fourth-order valence-corrected chi connectivity index (χ4v) is 3.63. The van der Waals surface area contributed by atoms with Crippen LogP contribution in [0.3, 0.4) is 0 Å². The average molecular weight is 347 g/mol. The second-order valence-electron chi connectivity index (χ2n) is 6.44. The Morgan fingerprint density at radius 1 is 1.17 bits per heavy atom. The molecule has 1 aliphatic heterocycles. The fraction of sp³-hybridized carbons (Fsp3) is 0.316. The van der Waals surface area contributed by atoms with E-state index in [1.807, 2.05) is 23.1 Å². The first kappa shape index (κ1) is 16.8. The maximum absolute atomic E-state index is 13.0.